The minimum absolute atomic E-state index is 0.0443. The molecule has 8 nitrogen and oxygen atoms in total. The number of allylic oxidation sites excluding steroid dienone is 1. The van der Waals surface area contributed by atoms with E-state index < -0.39 is 56.4 Å². The van der Waals surface area contributed by atoms with E-state index in [1.165, 1.54) is 25.2 Å². The minimum atomic E-state index is -4.66. The number of anilines is 1. The van der Waals surface area contributed by atoms with Gasteiger partial charge in [-0.05, 0) is 77.1 Å². The van der Waals surface area contributed by atoms with E-state index in [2.05, 4.69) is 10.3 Å². The standard InChI is InChI=1S/C27H33BF3N3O5S/c1-26(2)27(3,4)39-28(38-26)20(16-33-18-11-13-37-14-12-18)25(32-5)19-7-6-8-22(24(19)31)34-40(35,36)23-15-17(29)9-10-21(23)30/h6-10,15-16,18,33-34H,11-14H2,1-5H3/b20-16+,32-25-. The number of nitrogens with one attached hydrogen (secondary N) is 2. The molecular formula is C27H33BF3N3O5S. The summed E-state index contributed by atoms with van der Waals surface area (Å²) in [6, 6.07) is 6.15. The maximum Gasteiger partial charge on any atom is 0.498 e. The Balaban J connectivity index is 1.72. The SMILES string of the molecule is C/N=C(\C(=C/NC1CCOCC1)B1OC(C)(C)C(C)(C)O1)c1cccc(NS(=O)(=O)c2cc(F)ccc2F)c1F. The van der Waals surface area contributed by atoms with E-state index in [9.17, 15) is 17.2 Å². The average molecular weight is 579 g/mol. The van der Waals surface area contributed by atoms with Crippen LogP contribution < -0.4 is 10.0 Å². The lowest BCUT2D eigenvalue weighted by Crippen LogP contribution is -2.41. The van der Waals surface area contributed by atoms with Crippen LogP contribution >= 0.6 is 0 Å². The van der Waals surface area contributed by atoms with E-state index in [0.29, 0.717) is 30.8 Å². The van der Waals surface area contributed by atoms with Crippen LogP contribution in [0.2, 0.25) is 0 Å². The molecule has 0 atom stereocenters. The second-order valence-corrected chi connectivity index (χ2v) is 12.3. The molecule has 0 radical (unpaired) electrons. The fraction of sp³-hybridized carbons (Fsp3) is 0.444. The lowest BCUT2D eigenvalue weighted by atomic mass is 9.73. The van der Waals surface area contributed by atoms with E-state index in [1.54, 1.807) is 6.20 Å². The number of rotatable bonds is 8. The number of hydrogen-bond acceptors (Lipinski definition) is 7. The first-order chi connectivity index (χ1) is 18.8. The first-order valence-corrected chi connectivity index (χ1v) is 14.4. The number of halogens is 3. The van der Waals surface area contributed by atoms with Gasteiger partial charge in [0.15, 0.2) is 5.82 Å². The molecule has 2 aromatic rings. The van der Waals surface area contributed by atoms with Gasteiger partial charge in [-0.25, -0.2) is 21.6 Å². The second-order valence-electron chi connectivity index (χ2n) is 10.7. The Hall–Kier alpha value is -2.87. The molecule has 0 amide bonds. The summed E-state index contributed by atoms with van der Waals surface area (Å²) >= 11 is 0. The van der Waals surface area contributed by atoms with Crippen LogP contribution in [-0.2, 0) is 24.1 Å². The Morgan fingerprint density at radius 3 is 2.33 bits per heavy atom. The van der Waals surface area contributed by atoms with Gasteiger partial charge >= 0.3 is 7.12 Å². The zero-order valence-corrected chi connectivity index (χ0v) is 23.9. The third-order valence-corrected chi connectivity index (χ3v) is 8.76. The molecular weight excluding hydrogens is 546 g/mol. The van der Waals surface area contributed by atoms with Crippen LogP contribution in [0, 0.1) is 17.5 Å². The van der Waals surface area contributed by atoms with Gasteiger partial charge in [-0.1, -0.05) is 6.07 Å². The van der Waals surface area contributed by atoms with E-state index in [0.717, 1.165) is 18.9 Å². The van der Waals surface area contributed by atoms with Crippen molar-refractivity contribution in [1.82, 2.24) is 5.32 Å². The van der Waals surface area contributed by atoms with Crippen molar-refractivity contribution in [2.45, 2.75) is 62.7 Å². The summed E-state index contributed by atoms with van der Waals surface area (Å²) in [6.45, 7) is 8.77. The number of ether oxygens (including phenoxy) is 1. The number of benzene rings is 2. The van der Waals surface area contributed by atoms with Crippen LogP contribution in [0.3, 0.4) is 0 Å². The molecule has 0 saturated carbocycles. The summed E-state index contributed by atoms with van der Waals surface area (Å²) in [5.41, 5.74) is -1.33. The van der Waals surface area contributed by atoms with Gasteiger partial charge < -0.3 is 19.4 Å². The smallest absolute Gasteiger partial charge is 0.399 e. The Kier molecular flexibility index (Phi) is 8.69. The van der Waals surface area contributed by atoms with Gasteiger partial charge in [0.2, 0.25) is 0 Å². The molecule has 2 heterocycles. The monoisotopic (exact) mass is 579 g/mol. The van der Waals surface area contributed by atoms with Crippen LogP contribution in [0.4, 0.5) is 18.9 Å². The number of hydrogen-bond donors (Lipinski definition) is 2. The van der Waals surface area contributed by atoms with Crippen LogP contribution in [-0.4, -0.2) is 58.8 Å². The molecule has 40 heavy (non-hydrogen) atoms. The van der Waals surface area contributed by atoms with Crippen LogP contribution in [0.15, 0.2) is 58.0 Å². The molecule has 0 spiro atoms. The third-order valence-electron chi connectivity index (χ3n) is 7.38. The number of sulfonamides is 1. The minimum Gasteiger partial charge on any atom is -0.399 e. The summed E-state index contributed by atoms with van der Waals surface area (Å²) in [5.74, 6) is -3.09. The van der Waals surface area contributed by atoms with Crippen LogP contribution in [0.1, 0.15) is 46.1 Å². The molecule has 2 aromatic carbocycles. The molecule has 0 unspecified atom stereocenters. The van der Waals surface area contributed by atoms with Crippen molar-refractivity contribution >= 4 is 28.5 Å². The number of nitrogens with zero attached hydrogens (tertiary/aromatic N) is 1. The average Bonchev–Trinajstić information content (AvgIpc) is 3.11. The van der Waals surface area contributed by atoms with Crippen molar-refractivity contribution < 1.29 is 35.6 Å². The molecule has 2 aliphatic heterocycles. The highest BCUT2D eigenvalue weighted by Gasteiger charge is 2.53. The summed E-state index contributed by atoms with van der Waals surface area (Å²) < 4.78 is 89.5. The van der Waals surface area contributed by atoms with E-state index in [1.807, 2.05) is 32.4 Å². The highest BCUT2D eigenvalue weighted by Crippen LogP contribution is 2.39. The van der Waals surface area contributed by atoms with Crippen molar-refractivity contribution in [3.05, 3.63) is 71.1 Å². The van der Waals surface area contributed by atoms with E-state index >= 15 is 4.39 Å². The van der Waals surface area contributed by atoms with Gasteiger partial charge in [0, 0.05) is 37.3 Å². The lowest BCUT2D eigenvalue weighted by Gasteiger charge is -2.32. The molecule has 13 heteroatoms. The quantitative estimate of drug-likeness (QED) is 0.351. The van der Waals surface area contributed by atoms with Gasteiger partial charge in [-0.3, -0.25) is 9.71 Å². The van der Waals surface area contributed by atoms with Crippen LogP contribution in [0.5, 0.6) is 0 Å². The molecule has 2 fully saturated rings. The first kappa shape index (κ1) is 30.1. The maximum atomic E-state index is 16.0. The van der Waals surface area contributed by atoms with E-state index in [4.69, 9.17) is 14.0 Å². The molecule has 0 aromatic heterocycles. The van der Waals surface area contributed by atoms with Gasteiger partial charge in [-0.2, -0.15) is 0 Å². The molecule has 216 valence electrons. The Morgan fingerprint density at radius 1 is 1.05 bits per heavy atom. The summed E-state index contributed by atoms with van der Waals surface area (Å²) in [7, 11) is -4.11. The highest BCUT2D eigenvalue weighted by atomic mass is 32.2. The fourth-order valence-electron chi connectivity index (χ4n) is 4.37. The predicted molar refractivity (Wildman–Crippen MR) is 147 cm³/mol. The molecule has 2 saturated heterocycles. The summed E-state index contributed by atoms with van der Waals surface area (Å²) in [5, 5.41) is 3.35. The van der Waals surface area contributed by atoms with Crippen molar-refractivity contribution in [3.63, 3.8) is 0 Å². The Labute approximate surface area is 233 Å². The first-order valence-electron chi connectivity index (χ1n) is 12.9. The summed E-state index contributed by atoms with van der Waals surface area (Å²) in [4.78, 5) is 3.40. The Bertz CT molecular complexity index is 1410. The third kappa shape index (κ3) is 6.22. The van der Waals surface area contributed by atoms with Crippen molar-refractivity contribution in [2.24, 2.45) is 4.99 Å². The predicted octanol–water partition coefficient (Wildman–Crippen LogP) is 4.61. The highest BCUT2D eigenvalue weighted by molar-refractivity contribution is 7.92. The van der Waals surface area contributed by atoms with Gasteiger partial charge in [0.1, 0.15) is 16.5 Å². The molecule has 0 aliphatic carbocycles. The second kappa shape index (κ2) is 11.6. The van der Waals surface area contributed by atoms with Gasteiger partial charge in [0.05, 0.1) is 22.6 Å². The van der Waals surface area contributed by atoms with Crippen molar-refractivity contribution in [1.29, 1.82) is 0 Å². The van der Waals surface area contributed by atoms with Gasteiger partial charge in [0.25, 0.3) is 10.0 Å². The molecule has 4 rings (SSSR count). The maximum absolute atomic E-state index is 16.0. The van der Waals surface area contributed by atoms with Gasteiger partial charge in [-0.15, -0.1) is 0 Å². The normalized spacial score (nSPS) is 20.1. The zero-order chi connectivity index (χ0) is 29.3. The topological polar surface area (TPSA) is 98.2 Å². The molecule has 2 aliphatic rings. The fourth-order valence-corrected chi connectivity index (χ4v) is 5.52. The van der Waals surface area contributed by atoms with E-state index in [-0.39, 0.29) is 17.3 Å². The van der Waals surface area contributed by atoms with Crippen LogP contribution in [0.25, 0.3) is 0 Å². The lowest BCUT2D eigenvalue weighted by molar-refractivity contribution is 0.00578. The molecule has 2 N–H and O–H groups in total. The number of aliphatic imine (C=N–C) groups is 1. The largest absolute Gasteiger partial charge is 0.498 e. The Morgan fingerprint density at radius 2 is 1.70 bits per heavy atom. The molecule has 0 bridgehead atoms. The zero-order valence-electron chi connectivity index (χ0n) is 23.1. The summed E-state index contributed by atoms with van der Waals surface area (Å²) in [6.07, 6.45) is 3.24. The van der Waals surface area contributed by atoms with Crippen molar-refractivity contribution in [2.75, 3.05) is 25.0 Å². The van der Waals surface area contributed by atoms with Crippen molar-refractivity contribution in [3.8, 4) is 0 Å².